The summed E-state index contributed by atoms with van der Waals surface area (Å²) in [4.78, 5) is 26.9. The SMILES string of the molecule is Cc1cc(/C(O)=C2\C(=O)C(=O)N(c3cccc(F)c3)C2c2ccc(F)cc2)ccc1F. The van der Waals surface area contributed by atoms with Gasteiger partial charge in [-0.15, -0.1) is 0 Å². The largest absolute Gasteiger partial charge is 0.507 e. The molecule has 0 radical (unpaired) electrons. The Hall–Kier alpha value is -3.87. The predicted molar refractivity (Wildman–Crippen MR) is 109 cm³/mol. The van der Waals surface area contributed by atoms with Crippen LogP contribution in [-0.2, 0) is 9.59 Å². The molecule has 1 unspecified atom stereocenters. The van der Waals surface area contributed by atoms with E-state index in [0.29, 0.717) is 5.56 Å². The first-order valence-electron chi connectivity index (χ1n) is 9.36. The zero-order valence-corrected chi connectivity index (χ0v) is 16.3. The van der Waals surface area contributed by atoms with Gasteiger partial charge in [0, 0.05) is 11.3 Å². The lowest BCUT2D eigenvalue weighted by Crippen LogP contribution is -2.29. The van der Waals surface area contributed by atoms with Crippen molar-refractivity contribution in [3.05, 3.63) is 106 Å². The van der Waals surface area contributed by atoms with Crippen LogP contribution in [-0.4, -0.2) is 16.8 Å². The molecule has 1 heterocycles. The van der Waals surface area contributed by atoms with Gasteiger partial charge >= 0.3 is 0 Å². The van der Waals surface area contributed by atoms with Crippen LogP contribution in [0.3, 0.4) is 0 Å². The minimum Gasteiger partial charge on any atom is -0.507 e. The summed E-state index contributed by atoms with van der Waals surface area (Å²) < 4.78 is 41.1. The van der Waals surface area contributed by atoms with E-state index < -0.39 is 40.9 Å². The number of rotatable bonds is 3. The Morgan fingerprint density at radius 1 is 0.903 bits per heavy atom. The topological polar surface area (TPSA) is 57.6 Å². The van der Waals surface area contributed by atoms with Crippen molar-refractivity contribution < 1.29 is 27.9 Å². The zero-order valence-electron chi connectivity index (χ0n) is 16.3. The van der Waals surface area contributed by atoms with Crippen molar-refractivity contribution in [2.45, 2.75) is 13.0 Å². The van der Waals surface area contributed by atoms with Crippen molar-refractivity contribution in [2.75, 3.05) is 4.90 Å². The second-order valence-electron chi connectivity index (χ2n) is 7.16. The molecule has 0 aliphatic carbocycles. The number of aliphatic hydroxyl groups excluding tert-OH is 1. The predicted octanol–water partition coefficient (Wildman–Crippen LogP) is 5.04. The zero-order chi connectivity index (χ0) is 22.3. The van der Waals surface area contributed by atoms with Gasteiger partial charge in [-0.1, -0.05) is 18.2 Å². The van der Waals surface area contributed by atoms with Crippen molar-refractivity contribution in [3.8, 4) is 0 Å². The van der Waals surface area contributed by atoms with E-state index in [1.54, 1.807) is 0 Å². The Kier molecular flexibility index (Phi) is 5.10. The summed E-state index contributed by atoms with van der Waals surface area (Å²) in [5.41, 5.74) is 0.563. The van der Waals surface area contributed by atoms with Crippen LogP contribution in [0.1, 0.15) is 22.7 Å². The van der Waals surface area contributed by atoms with Gasteiger partial charge in [0.05, 0.1) is 11.6 Å². The molecular formula is C24H16F3NO3. The fourth-order valence-corrected chi connectivity index (χ4v) is 3.63. The number of carbonyl (C=O) groups is 2. The number of nitrogens with zero attached hydrogens (tertiary/aromatic N) is 1. The smallest absolute Gasteiger partial charge is 0.300 e. The molecule has 1 N–H and O–H groups in total. The first-order valence-corrected chi connectivity index (χ1v) is 9.36. The second kappa shape index (κ2) is 7.75. The van der Waals surface area contributed by atoms with E-state index in [-0.39, 0.29) is 22.4 Å². The van der Waals surface area contributed by atoms with Gasteiger partial charge in [-0.3, -0.25) is 14.5 Å². The Morgan fingerprint density at radius 3 is 2.26 bits per heavy atom. The first-order chi connectivity index (χ1) is 14.8. The number of hydrogen-bond acceptors (Lipinski definition) is 3. The van der Waals surface area contributed by atoms with Crippen LogP contribution in [0.4, 0.5) is 18.9 Å². The lowest BCUT2D eigenvalue weighted by molar-refractivity contribution is -0.132. The van der Waals surface area contributed by atoms with Gasteiger partial charge < -0.3 is 5.11 Å². The number of aliphatic hydroxyl groups is 1. The van der Waals surface area contributed by atoms with E-state index in [9.17, 15) is 27.9 Å². The molecular weight excluding hydrogens is 407 g/mol. The number of anilines is 1. The van der Waals surface area contributed by atoms with E-state index in [0.717, 1.165) is 29.2 Å². The van der Waals surface area contributed by atoms with Crippen LogP contribution >= 0.6 is 0 Å². The lowest BCUT2D eigenvalue weighted by Gasteiger charge is -2.25. The molecule has 3 aromatic carbocycles. The molecule has 1 aliphatic rings. The standard InChI is InChI=1S/C24H16F3NO3/c1-13-11-15(7-10-19(13)27)22(29)20-21(14-5-8-16(25)9-6-14)28(24(31)23(20)30)18-4-2-3-17(26)12-18/h2-12,21,29H,1H3/b22-20+. The summed E-state index contributed by atoms with van der Waals surface area (Å²) in [6, 6.07) is 12.8. The maximum Gasteiger partial charge on any atom is 0.300 e. The number of halogens is 3. The van der Waals surface area contributed by atoms with Crippen molar-refractivity contribution in [2.24, 2.45) is 0 Å². The van der Waals surface area contributed by atoms with Gasteiger partial charge in [-0.2, -0.15) is 0 Å². The Labute approximate surface area is 175 Å². The summed E-state index contributed by atoms with van der Waals surface area (Å²) in [6.45, 7) is 1.49. The van der Waals surface area contributed by atoms with E-state index in [1.165, 1.54) is 49.4 Å². The van der Waals surface area contributed by atoms with Crippen LogP contribution in [0.15, 0.2) is 72.3 Å². The van der Waals surface area contributed by atoms with Crippen LogP contribution < -0.4 is 4.90 Å². The minimum absolute atomic E-state index is 0.103. The van der Waals surface area contributed by atoms with Gasteiger partial charge in [0.15, 0.2) is 0 Å². The fourth-order valence-electron chi connectivity index (χ4n) is 3.63. The number of carbonyl (C=O) groups excluding carboxylic acids is 2. The maximum absolute atomic E-state index is 13.9. The van der Waals surface area contributed by atoms with Gasteiger partial charge in [0.2, 0.25) is 0 Å². The van der Waals surface area contributed by atoms with Crippen LogP contribution in [0.2, 0.25) is 0 Å². The van der Waals surface area contributed by atoms with E-state index >= 15 is 0 Å². The molecule has 156 valence electrons. The third kappa shape index (κ3) is 3.59. The molecule has 0 bridgehead atoms. The van der Waals surface area contributed by atoms with Crippen molar-refractivity contribution in [1.82, 2.24) is 0 Å². The molecule has 0 spiro atoms. The summed E-state index contributed by atoms with van der Waals surface area (Å²) in [7, 11) is 0. The van der Waals surface area contributed by atoms with Gasteiger partial charge in [0.1, 0.15) is 23.2 Å². The van der Waals surface area contributed by atoms with E-state index in [2.05, 4.69) is 0 Å². The summed E-state index contributed by atoms with van der Waals surface area (Å²) in [5, 5.41) is 10.9. The van der Waals surface area contributed by atoms with Gasteiger partial charge in [-0.25, -0.2) is 13.2 Å². The third-order valence-corrected chi connectivity index (χ3v) is 5.15. The maximum atomic E-state index is 13.9. The van der Waals surface area contributed by atoms with Crippen molar-refractivity contribution >= 4 is 23.1 Å². The molecule has 31 heavy (non-hydrogen) atoms. The molecule has 1 atom stereocenters. The third-order valence-electron chi connectivity index (χ3n) is 5.15. The number of hydrogen-bond donors (Lipinski definition) is 1. The lowest BCUT2D eigenvalue weighted by atomic mass is 9.94. The Balaban J connectivity index is 1.96. The molecule has 7 heteroatoms. The van der Waals surface area contributed by atoms with Crippen LogP contribution in [0.25, 0.3) is 5.76 Å². The van der Waals surface area contributed by atoms with Gasteiger partial charge in [-0.05, 0) is 66.6 Å². The quantitative estimate of drug-likeness (QED) is 0.365. The Bertz CT molecular complexity index is 1240. The number of ketones is 1. The minimum atomic E-state index is -1.13. The molecule has 0 aromatic heterocycles. The van der Waals surface area contributed by atoms with Crippen molar-refractivity contribution in [3.63, 3.8) is 0 Å². The average Bonchev–Trinajstić information content (AvgIpc) is 3.01. The van der Waals surface area contributed by atoms with E-state index in [4.69, 9.17) is 0 Å². The number of Topliss-reactive ketones (excluding diaryl/α,β-unsaturated/α-hetero) is 1. The highest BCUT2D eigenvalue weighted by Crippen LogP contribution is 2.42. The average molecular weight is 423 g/mol. The fraction of sp³-hybridized carbons (Fsp3) is 0.0833. The molecule has 1 aliphatic heterocycles. The molecule has 1 saturated heterocycles. The van der Waals surface area contributed by atoms with Crippen molar-refractivity contribution in [1.29, 1.82) is 0 Å². The molecule has 1 amide bonds. The first kappa shape index (κ1) is 20.4. The molecule has 0 saturated carbocycles. The summed E-state index contributed by atoms with van der Waals surface area (Å²) in [6.07, 6.45) is 0. The van der Waals surface area contributed by atoms with Gasteiger partial charge in [0.25, 0.3) is 11.7 Å². The molecule has 1 fully saturated rings. The highest BCUT2D eigenvalue weighted by molar-refractivity contribution is 6.51. The molecule has 4 nitrogen and oxygen atoms in total. The molecule has 3 aromatic rings. The summed E-state index contributed by atoms with van der Waals surface area (Å²) in [5.74, 6) is -4.10. The number of amides is 1. The van der Waals surface area contributed by atoms with Crippen LogP contribution in [0, 0.1) is 24.4 Å². The number of benzene rings is 3. The highest BCUT2D eigenvalue weighted by atomic mass is 19.1. The second-order valence-corrected chi connectivity index (χ2v) is 7.16. The molecule has 4 rings (SSSR count). The summed E-state index contributed by atoms with van der Waals surface area (Å²) >= 11 is 0. The highest BCUT2D eigenvalue weighted by Gasteiger charge is 2.47. The van der Waals surface area contributed by atoms with E-state index in [1.807, 2.05) is 0 Å². The Morgan fingerprint density at radius 2 is 1.61 bits per heavy atom. The van der Waals surface area contributed by atoms with Crippen LogP contribution in [0.5, 0.6) is 0 Å². The normalized spacial score (nSPS) is 17.9. The number of aryl methyl sites for hydroxylation is 1. The monoisotopic (exact) mass is 423 g/mol.